The van der Waals surface area contributed by atoms with E-state index in [2.05, 4.69) is 4.74 Å². The van der Waals surface area contributed by atoms with Crippen LogP contribution in [-0.2, 0) is 9.53 Å². The smallest absolute Gasteiger partial charge is 0.330 e. The van der Waals surface area contributed by atoms with Crippen molar-refractivity contribution >= 4 is 5.97 Å². The van der Waals surface area contributed by atoms with Crippen LogP contribution in [0, 0.1) is 0 Å². The standard InChI is InChI=1S/C13H18F2O2/c1-2-17-13(16)11-9-7-5-3-4-6-8-10-12(14)15/h5,7,9-11H,2-4,6,8H2,1H3/b7-5+,11-9+. The first kappa shape index (κ1) is 15.6. The van der Waals surface area contributed by atoms with E-state index < -0.39 is 6.08 Å². The van der Waals surface area contributed by atoms with Gasteiger partial charge in [-0.1, -0.05) is 18.2 Å². The number of esters is 1. The van der Waals surface area contributed by atoms with Crippen LogP contribution in [0.3, 0.4) is 0 Å². The number of carbonyl (C=O) groups is 1. The molecule has 0 aromatic carbocycles. The maximum atomic E-state index is 11.6. The van der Waals surface area contributed by atoms with E-state index in [-0.39, 0.29) is 5.97 Å². The van der Waals surface area contributed by atoms with Crippen molar-refractivity contribution in [1.29, 1.82) is 0 Å². The van der Waals surface area contributed by atoms with Crippen LogP contribution in [0.1, 0.15) is 32.6 Å². The number of ether oxygens (including phenoxy) is 1. The molecule has 0 aromatic heterocycles. The molecule has 0 fully saturated rings. The van der Waals surface area contributed by atoms with Crippen molar-refractivity contribution in [2.45, 2.75) is 32.6 Å². The van der Waals surface area contributed by atoms with Crippen LogP contribution < -0.4 is 0 Å². The molecule has 0 saturated heterocycles. The Morgan fingerprint density at radius 3 is 2.53 bits per heavy atom. The summed E-state index contributed by atoms with van der Waals surface area (Å²) in [4.78, 5) is 10.9. The van der Waals surface area contributed by atoms with Crippen molar-refractivity contribution in [1.82, 2.24) is 0 Å². The minimum atomic E-state index is -1.61. The van der Waals surface area contributed by atoms with E-state index in [4.69, 9.17) is 0 Å². The van der Waals surface area contributed by atoms with Gasteiger partial charge in [-0.15, -0.1) is 0 Å². The van der Waals surface area contributed by atoms with Crippen LogP contribution in [-0.4, -0.2) is 12.6 Å². The third-order valence-electron chi connectivity index (χ3n) is 1.89. The van der Waals surface area contributed by atoms with E-state index in [0.29, 0.717) is 13.0 Å². The van der Waals surface area contributed by atoms with E-state index in [1.807, 2.05) is 6.08 Å². The molecule has 0 saturated carbocycles. The number of hydrogen-bond acceptors (Lipinski definition) is 2. The molecular formula is C13H18F2O2. The Labute approximate surface area is 101 Å². The van der Waals surface area contributed by atoms with Gasteiger partial charge in [0.05, 0.1) is 6.61 Å². The molecule has 0 amide bonds. The van der Waals surface area contributed by atoms with Crippen molar-refractivity contribution in [3.63, 3.8) is 0 Å². The maximum absolute atomic E-state index is 11.6. The van der Waals surface area contributed by atoms with E-state index in [9.17, 15) is 13.6 Å². The van der Waals surface area contributed by atoms with Gasteiger partial charge in [-0.3, -0.25) is 0 Å². The second-order valence-corrected chi connectivity index (χ2v) is 3.32. The fraction of sp³-hybridized carbons (Fsp3) is 0.462. The molecule has 0 radical (unpaired) electrons. The largest absolute Gasteiger partial charge is 0.463 e. The highest BCUT2D eigenvalue weighted by atomic mass is 19.3. The Balaban J connectivity index is 3.48. The van der Waals surface area contributed by atoms with Crippen molar-refractivity contribution < 1.29 is 18.3 Å². The first-order valence-corrected chi connectivity index (χ1v) is 5.68. The molecule has 4 heteroatoms. The summed E-state index contributed by atoms with van der Waals surface area (Å²) in [6.45, 7) is 2.11. The van der Waals surface area contributed by atoms with E-state index in [0.717, 1.165) is 25.3 Å². The lowest BCUT2D eigenvalue weighted by Crippen LogP contribution is -1.98. The van der Waals surface area contributed by atoms with Gasteiger partial charge in [-0.25, -0.2) is 4.79 Å². The Kier molecular flexibility index (Phi) is 10.1. The van der Waals surface area contributed by atoms with Crippen LogP contribution in [0.5, 0.6) is 0 Å². The van der Waals surface area contributed by atoms with Crippen LogP contribution in [0.15, 0.2) is 36.5 Å². The zero-order chi connectivity index (χ0) is 12.9. The molecule has 2 nitrogen and oxygen atoms in total. The van der Waals surface area contributed by atoms with Crippen LogP contribution in [0.2, 0.25) is 0 Å². The molecule has 0 aliphatic heterocycles. The summed E-state index contributed by atoms with van der Waals surface area (Å²) >= 11 is 0. The number of carbonyl (C=O) groups excluding carboxylic acids is 1. The zero-order valence-electron chi connectivity index (χ0n) is 9.99. The fourth-order valence-electron chi connectivity index (χ4n) is 1.12. The molecule has 0 aliphatic carbocycles. The fourth-order valence-corrected chi connectivity index (χ4v) is 1.12. The Hall–Kier alpha value is -1.45. The Bertz CT molecular complexity index is 290. The van der Waals surface area contributed by atoms with Gasteiger partial charge in [0.25, 0.3) is 6.08 Å². The second kappa shape index (κ2) is 11.0. The average Bonchev–Trinajstić information content (AvgIpc) is 2.27. The third kappa shape index (κ3) is 12.5. The van der Waals surface area contributed by atoms with Crippen LogP contribution in [0.25, 0.3) is 0 Å². The lowest BCUT2D eigenvalue weighted by molar-refractivity contribution is -0.137. The van der Waals surface area contributed by atoms with Gasteiger partial charge in [0.15, 0.2) is 0 Å². The third-order valence-corrected chi connectivity index (χ3v) is 1.89. The van der Waals surface area contributed by atoms with Gasteiger partial charge >= 0.3 is 5.97 Å². The predicted octanol–water partition coefficient (Wildman–Crippen LogP) is 4.00. The SMILES string of the molecule is CCOC(=O)/C=C/C=C/CCCCC=C(F)F. The highest BCUT2D eigenvalue weighted by Crippen LogP contribution is 2.05. The molecule has 0 rings (SSSR count). The van der Waals surface area contributed by atoms with Crippen molar-refractivity contribution in [3.05, 3.63) is 36.5 Å². The molecule has 0 aromatic rings. The predicted molar refractivity (Wildman–Crippen MR) is 63.7 cm³/mol. The monoisotopic (exact) mass is 244 g/mol. The number of rotatable bonds is 8. The zero-order valence-corrected chi connectivity index (χ0v) is 9.99. The highest BCUT2D eigenvalue weighted by Gasteiger charge is 1.90. The molecule has 0 aliphatic rings. The summed E-state index contributed by atoms with van der Waals surface area (Å²) in [5.41, 5.74) is 0. The van der Waals surface area contributed by atoms with Crippen LogP contribution >= 0.6 is 0 Å². The quantitative estimate of drug-likeness (QED) is 0.279. The highest BCUT2D eigenvalue weighted by molar-refractivity contribution is 5.82. The number of halogens is 2. The second-order valence-electron chi connectivity index (χ2n) is 3.32. The molecule has 0 bridgehead atoms. The summed E-state index contributed by atoms with van der Waals surface area (Å²) in [7, 11) is 0. The minimum absolute atomic E-state index is 0.360. The van der Waals surface area contributed by atoms with Crippen molar-refractivity contribution in [3.8, 4) is 0 Å². The molecule has 0 heterocycles. The van der Waals surface area contributed by atoms with Crippen LogP contribution in [0.4, 0.5) is 8.78 Å². The molecular weight excluding hydrogens is 226 g/mol. The summed E-state index contributed by atoms with van der Waals surface area (Å²) in [6, 6.07) is 0. The summed E-state index contributed by atoms with van der Waals surface area (Å²) < 4.78 is 28.0. The molecule has 0 unspecified atom stereocenters. The van der Waals surface area contributed by atoms with Crippen molar-refractivity contribution in [2.75, 3.05) is 6.61 Å². The molecule has 0 N–H and O–H groups in total. The molecule has 96 valence electrons. The Morgan fingerprint density at radius 2 is 1.88 bits per heavy atom. The maximum Gasteiger partial charge on any atom is 0.330 e. The average molecular weight is 244 g/mol. The van der Waals surface area contributed by atoms with Gasteiger partial charge in [0, 0.05) is 6.08 Å². The Morgan fingerprint density at radius 1 is 1.18 bits per heavy atom. The van der Waals surface area contributed by atoms with E-state index >= 15 is 0 Å². The minimum Gasteiger partial charge on any atom is -0.463 e. The van der Waals surface area contributed by atoms with Gasteiger partial charge in [0.1, 0.15) is 0 Å². The number of allylic oxidation sites excluding steroid dienone is 4. The summed E-state index contributed by atoms with van der Waals surface area (Å²) in [5, 5.41) is 0. The molecule has 0 atom stereocenters. The summed E-state index contributed by atoms with van der Waals surface area (Å²) in [5.74, 6) is -0.360. The van der Waals surface area contributed by atoms with Crippen molar-refractivity contribution in [2.24, 2.45) is 0 Å². The lowest BCUT2D eigenvalue weighted by atomic mass is 10.2. The normalized spacial score (nSPS) is 11.0. The van der Waals surface area contributed by atoms with E-state index in [1.165, 1.54) is 6.08 Å². The topological polar surface area (TPSA) is 26.3 Å². The number of unbranched alkanes of at least 4 members (excludes halogenated alkanes) is 3. The first-order valence-electron chi connectivity index (χ1n) is 5.68. The summed E-state index contributed by atoms with van der Waals surface area (Å²) in [6.07, 6.45) is 8.75. The van der Waals surface area contributed by atoms with E-state index in [1.54, 1.807) is 19.1 Å². The molecule has 17 heavy (non-hydrogen) atoms. The first-order chi connectivity index (χ1) is 8.16. The lowest BCUT2D eigenvalue weighted by Gasteiger charge is -1.93. The van der Waals surface area contributed by atoms with Gasteiger partial charge in [-0.05, 0) is 38.7 Å². The molecule has 0 spiro atoms. The number of hydrogen-bond donors (Lipinski definition) is 0. The van der Waals surface area contributed by atoms with Gasteiger partial charge < -0.3 is 4.74 Å². The van der Waals surface area contributed by atoms with Gasteiger partial charge in [0.2, 0.25) is 0 Å². The van der Waals surface area contributed by atoms with Gasteiger partial charge in [-0.2, -0.15) is 8.78 Å².